The van der Waals surface area contributed by atoms with Crippen LogP contribution in [0.2, 0.25) is 0 Å². The van der Waals surface area contributed by atoms with E-state index >= 15 is 0 Å². The summed E-state index contributed by atoms with van der Waals surface area (Å²) in [5.74, 6) is 0. The molecule has 1 aliphatic heterocycles. The zero-order valence-corrected chi connectivity index (χ0v) is 18.2. The molecule has 0 spiro atoms. The minimum absolute atomic E-state index is 0.00279. The topological polar surface area (TPSA) is 192 Å². The molecule has 1 fully saturated rings. The summed E-state index contributed by atoms with van der Waals surface area (Å²) in [5, 5.41) is 82.1. The maximum Gasteiger partial charge on any atom is 0.187 e. The fraction of sp³-hybridized carbons (Fsp3) is 1.00. The van der Waals surface area contributed by atoms with Gasteiger partial charge >= 0.3 is 0 Å². The van der Waals surface area contributed by atoms with Gasteiger partial charge in [0.1, 0.15) is 42.7 Å². The first-order chi connectivity index (χ1) is 14.8. The average molecular weight is 456 g/mol. The molecule has 186 valence electrons. The summed E-state index contributed by atoms with van der Waals surface area (Å²) in [6.07, 6.45) is -7.46. The van der Waals surface area contributed by atoms with Gasteiger partial charge in [-0.25, -0.2) is 0 Å². The number of hydrogen-bond donors (Lipinski definition) is 9. The van der Waals surface area contributed by atoms with Crippen LogP contribution in [0.5, 0.6) is 0 Å². The van der Waals surface area contributed by atoms with Crippen molar-refractivity contribution in [2.45, 2.75) is 101 Å². The summed E-state index contributed by atoms with van der Waals surface area (Å²) in [4.78, 5) is 0. The normalized spacial score (nSPS) is 30.7. The summed E-state index contributed by atoms with van der Waals surface area (Å²) in [6.45, 7) is 1.30. The van der Waals surface area contributed by atoms with Crippen molar-refractivity contribution in [3.8, 4) is 0 Å². The van der Waals surface area contributed by atoms with E-state index in [0.717, 1.165) is 19.3 Å². The van der Waals surface area contributed by atoms with Gasteiger partial charge < -0.3 is 55.6 Å². The molecule has 0 saturated carbocycles. The van der Waals surface area contributed by atoms with Gasteiger partial charge in [0.25, 0.3) is 0 Å². The highest BCUT2D eigenvalue weighted by Crippen LogP contribution is 2.25. The van der Waals surface area contributed by atoms with Crippen molar-refractivity contribution in [2.24, 2.45) is 0 Å². The third kappa shape index (κ3) is 9.14. The highest BCUT2D eigenvalue weighted by molar-refractivity contribution is 4.91. The van der Waals surface area contributed by atoms with Gasteiger partial charge in [0.2, 0.25) is 0 Å². The van der Waals surface area contributed by atoms with E-state index in [1.54, 1.807) is 0 Å². The van der Waals surface area contributed by atoms with Gasteiger partial charge in [-0.3, -0.25) is 0 Å². The number of nitrogens with one attached hydrogen (secondary N) is 1. The van der Waals surface area contributed by atoms with E-state index in [2.05, 4.69) is 12.2 Å². The Bertz CT molecular complexity index is 458. The molecule has 1 aliphatic rings. The molecule has 0 amide bonds. The van der Waals surface area contributed by atoms with E-state index in [4.69, 9.17) is 9.47 Å². The predicted molar refractivity (Wildman–Crippen MR) is 110 cm³/mol. The Balaban J connectivity index is 2.57. The van der Waals surface area contributed by atoms with Crippen LogP contribution in [0.1, 0.15) is 45.4 Å². The first kappa shape index (κ1) is 28.6. The van der Waals surface area contributed by atoms with E-state index in [1.807, 2.05) is 0 Å². The summed E-state index contributed by atoms with van der Waals surface area (Å²) >= 11 is 0. The van der Waals surface area contributed by atoms with E-state index in [1.165, 1.54) is 19.3 Å². The Morgan fingerprint density at radius 3 is 2.13 bits per heavy atom. The fourth-order valence-electron chi connectivity index (χ4n) is 3.46. The molecule has 1 saturated heterocycles. The SMILES string of the molecule is CCCCCCCCNCC(O)C(O)C(OC1OC(CO)C(O)C(O)C1O)C(O)CO. The molecule has 0 radical (unpaired) electrons. The molecule has 0 bridgehead atoms. The Kier molecular flexibility index (Phi) is 14.2. The minimum atomic E-state index is -1.75. The molecule has 0 aromatic heterocycles. The smallest absolute Gasteiger partial charge is 0.187 e. The molecule has 9 N–H and O–H groups in total. The quantitative estimate of drug-likeness (QED) is 0.109. The molecule has 11 nitrogen and oxygen atoms in total. The summed E-state index contributed by atoms with van der Waals surface area (Å²) < 4.78 is 10.6. The molecular weight excluding hydrogens is 414 g/mol. The molecule has 1 heterocycles. The van der Waals surface area contributed by atoms with Crippen LogP contribution < -0.4 is 5.32 Å². The monoisotopic (exact) mass is 455 g/mol. The van der Waals surface area contributed by atoms with Crippen molar-refractivity contribution in [3.63, 3.8) is 0 Å². The number of aliphatic hydroxyl groups is 8. The van der Waals surface area contributed by atoms with Crippen molar-refractivity contribution >= 4 is 0 Å². The lowest BCUT2D eigenvalue weighted by atomic mass is 9.98. The van der Waals surface area contributed by atoms with E-state index in [-0.39, 0.29) is 6.54 Å². The van der Waals surface area contributed by atoms with E-state index in [0.29, 0.717) is 6.54 Å². The maximum absolute atomic E-state index is 10.5. The number of ether oxygens (including phenoxy) is 2. The first-order valence-electron chi connectivity index (χ1n) is 11.1. The van der Waals surface area contributed by atoms with E-state index in [9.17, 15) is 40.9 Å². The van der Waals surface area contributed by atoms with Crippen LogP contribution in [-0.2, 0) is 9.47 Å². The second-order valence-electron chi connectivity index (χ2n) is 8.08. The Morgan fingerprint density at radius 1 is 0.871 bits per heavy atom. The second-order valence-corrected chi connectivity index (χ2v) is 8.08. The average Bonchev–Trinajstić information content (AvgIpc) is 2.77. The highest BCUT2D eigenvalue weighted by Gasteiger charge is 2.46. The maximum atomic E-state index is 10.5. The minimum Gasteiger partial charge on any atom is -0.394 e. The van der Waals surface area contributed by atoms with Crippen LogP contribution in [0.3, 0.4) is 0 Å². The van der Waals surface area contributed by atoms with Crippen molar-refractivity contribution in [2.75, 3.05) is 26.3 Å². The van der Waals surface area contributed by atoms with Gasteiger partial charge in [-0.15, -0.1) is 0 Å². The number of unbranched alkanes of at least 4 members (excludes halogenated alkanes) is 5. The van der Waals surface area contributed by atoms with Crippen LogP contribution in [0.25, 0.3) is 0 Å². The van der Waals surface area contributed by atoms with Crippen molar-refractivity contribution in [1.29, 1.82) is 0 Å². The largest absolute Gasteiger partial charge is 0.394 e. The fourth-order valence-corrected chi connectivity index (χ4v) is 3.46. The third-order valence-corrected chi connectivity index (χ3v) is 5.50. The molecule has 11 heteroatoms. The Labute approximate surface area is 183 Å². The lowest BCUT2D eigenvalue weighted by Crippen LogP contribution is -2.61. The summed E-state index contributed by atoms with van der Waals surface area (Å²) in [5.41, 5.74) is 0. The predicted octanol–water partition coefficient (Wildman–Crippen LogP) is -2.80. The lowest BCUT2D eigenvalue weighted by molar-refractivity contribution is -0.327. The van der Waals surface area contributed by atoms with E-state index < -0.39 is 68.3 Å². The molecule has 0 aromatic rings. The van der Waals surface area contributed by atoms with Crippen LogP contribution in [0.4, 0.5) is 0 Å². The highest BCUT2D eigenvalue weighted by atomic mass is 16.7. The summed E-state index contributed by atoms with van der Waals surface area (Å²) in [7, 11) is 0. The molecule has 1 rings (SSSR count). The zero-order valence-electron chi connectivity index (χ0n) is 18.2. The van der Waals surface area contributed by atoms with Crippen LogP contribution in [0, 0.1) is 0 Å². The third-order valence-electron chi connectivity index (χ3n) is 5.50. The van der Waals surface area contributed by atoms with Gasteiger partial charge in [-0.05, 0) is 13.0 Å². The zero-order chi connectivity index (χ0) is 23.4. The van der Waals surface area contributed by atoms with Crippen LogP contribution in [-0.4, -0.2) is 122 Å². The van der Waals surface area contributed by atoms with Crippen LogP contribution >= 0.6 is 0 Å². The molecular formula is C20H41NO10. The van der Waals surface area contributed by atoms with Gasteiger partial charge in [0.15, 0.2) is 6.29 Å². The van der Waals surface area contributed by atoms with Gasteiger partial charge in [0.05, 0.1) is 19.3 Å². The van der Waals surface area contributed by atoms with Gasteiger partial charge in [0, 0.05) is 6.54 Å². The van der Waals surface area contributed by atoms with Gasteiger partial charge in [-0.1, -0.05) is 39.0 Å². The number of aliphatic hydroxyl groups excluding tert-OH is 8. The number of hydrogen-bond acceptors (Lipinski definition) is 11. The van der Waals surface area contributed by atoms with Crippen molar-refractivity contribution in [1.82, 2.24) is 5.32 Å². The Morgan fingerprint density at radius 2 is 1.52 bits per heavy atom. The van der Waals surface area contributed by atoms with Crippen molar-refractivity contribution < 1.29 is 50.3 Å². The summed E-state index contributed by atoms with van der Waals surface area (Å²) in [6, 6.07) is 0. The molecule has 0 aliphatic carbocycles. The molecule has 9 atom stereocenters. The lowest BCUT2D eigenvalue weighted by Gasteiger charge is -2.42. The second kappa shape index (κ2) is 15.4. The van der Waals surface area contributed by atoms with Gasteiger partial charge in [-0.2, -0.15) is 0 Å². The van der Waals surface area contributed by atoms with Crippen molar-refractivity contribution in [3.05, 3.63) is 0 Å². The van der Waals surface area contributed by atoms with Crippen LogP contribution in [0.15, 0.2) is 0 Å². The standard InChI is InChI=1S/C20H41NO10/c1-2-3-4-5-6-7-8-21-9-12(24)15(26)19(13(25)10-22)31-20-18(29)17(28)16(27)14(11-23)30-20/h12-29H,2-11H2,1H3. The first-order valence-corrected chi connectivity index (χ1v) is 11.1. The Hall–Kier alpha value is -0.440. The molecule has 31 heavy (non-hydrogen) atoms. The molecule has 0 aromatic carbocycles. The number of rotatable bonds is 16. The molecule has 9 unspecified atom stereocenters.